The lowest BCUT2D eigenvalue weighted by molar-refractivity contribution is -0.329. The number of carbonyl (C=O) groups excluding carboxylic acids is 4. The third-order valence-corrected chi connectivity index (χ3v) is 10.8. The Bertz CT molecular complexity index is 1570. The zero-order valence-electron chi connectivity index (χ0n) is 33.5. The largest absolute Gasteiger partial charge is 0.459 e. The molecule has 3 N–H and O–H groups in total. The number of aliphatic hydroxyl groups excluding tert-OH is 2. The Hall–Kier alpha value is -3.68. The van der Waals surface area contributed by atoms with E-state index in [-0.39, 0.29) is 35.7 Å². The molecule has 54 heavy (non-hydrogen) atoms. The summed E-state index contributed by atoms with van der Waals surface area (Å²) in [6.07, 6.45) is 7.52. The van der Waals surface area contributed by atoms with Crippen LogP contribution in [0.15, 0.2) is 70.9 Å². The molecule has 12 heteroatoms. The van der Waals surface area contributed by atoms with Gasteiger partial charge in [-0.05, 0) is 51.2 Å². The summed E-state index contributed by atoms with van der Waals surface area (Å²) in [7, 11) is 1.48. The maximum Gasteiger partial charge on any atom is 0.346 e. The molecule has 0 radical (unpaired) electrons. The summed E-state index contributed by atoms with van der Waals surface area (Å²) in [5, 5.41) is 35.1. The topological polar surface area (TPSA) is 175 Å². The van der Waals surface area contributed by atoms with Crippen LogP contribution in [0.5, 0.6) is 0 Å². The van der Waals surface area contributed by atoms with Crippen molar-refractivity contribution in [3.05, 3.63) is 70.9 Å². The summed E-state index contributed by atoms with van der Waals surface area (Å²) in [5.41, 5.74) is 2.03. The van der Waals surface area contributed by atoms with E-state index in [1.807, 2.05) is 60.6 Å². The fourth-order valence-electron chi connectivity index (χ4n) is 7.53. The van der Waals surface area contributed by atoms with E-state index in [2.05, 4.69) is 4.74 Å². The molecule has 3 rings (SSSR count). The normalized spacial score (nSPS) is 37.1. The molecule has 12 atom stereocenters. The maximum atomic E-state index is 13.6. The predicted molar refractivity (Wildman–Crippen MR) is 201 cm³/mol. The number of carbonyl (C=O) groups is 4. The third kappa shape index (κ3) is 11.4. The van der Waals surface area contributed by atoms with Gasteiger partial charge in [-0.2, -0.15) is 0 Å². The highest BCUT2D eigenvalue weighted by molar-refractivity contribution is 6.11. The standard InChI is InChI=1S/C42H60O12/c1-22(2)38-28(8)33(51-34(43)16-15-31-20-35(44)52-41(31)48)21-42(49,54-38)30(10)37(46)29(9)39-32(50-11)14-12-13-23(3)17-25(5)36(45)26(6)18-24(4)19-27(7)40(47)53-39/h12-16,18-20,22,25-26,28-30,32-33,36-39,45-46,49H,17,21H2,1-11H3/b14-12-,16-15+,23-13-,24-18-,27-19-/t25-,26+,28-,29-,30-,32-,33+,36-,37+,38+,39+,42+/m0/s1. The molecule has 3 aliphatic heterocycles. The highest BCUT2D eigenvalue weighted by atomic mass is 16.6. The van der Waals surface area contributed by atoms with Gasteiger partial charge in [-0.1, -0.05) is 83.9 Å². The Morgan fingerprint density at radius 3 is 2.28 bits per heavy atom. The van der Waals surface area contributed by atoms with Crippen LogP contribution in [0.2, 0.25) is 0 Å². The second-order valence-corrected chi connectivity index (χ2v) is 15.7. The minimum Gasteiger partial charge on any atom is -0.459 e. The fourth-order valence-corrected chi connectivity index (χ4v) is 7.53. The predicted octanol–water partition coefficient (Wildman–Crippen LogP) is 5.23. The molecule has 0 aromatic carbocycles. The van der Waals surface area contributed by atoms with Crippen molar-refractivity contribution in [2.75, 3.05) is 7.11 Å². The van der Waals surface area contributed by atoms with Gasteiger partial charge in [0.05, 0.1) is 23.9 Å². The van der Waals surface area contributed by atoms with E-state index in [0.29, 0.717) is 12.0 Å². The van der Waals surface area contributed by atoms with E-state index >= 15 is 0 Å². The maximum absolute atomic E-state index is 13.6. The zero-order chi connectivity index (χ0) is 40.7. The lowest BCUT2D eigenvalue weighted by Crippen LogP contribution is -2.59. The van der Waals surface area contributed by atoms with Crippen molar-refractivity contribution in [1.29, 1.82) is 0 Å². The van der Waals surface area contributed by atoms with Crippen LogP contribution < -0.4 is 0 Å². The van der Waals surface area contributed by atoms with Crippen molar-refractivity contribution in [3.63, 3.8) is 0 Å². The lowest BCUT2D eigenvalue weighted by atomic mass is 9.76. The number of ether oxygens (including phenoxy) is 5. The molecule has 0 aliphatic carbocycles. The highest BCUT2D eigenvalue weighted by Crippen LogP contribution is 2.42. The first kappa shape index (κ1) is 44.7. The Balaban J connectivity index is 1.94. The Morgan fingerprint density at radius 1 is 1.02 bits per heavy atom. The van der Waals surface area contributed by atoms with Crippen LogP contribution in [0.4, 0.5) is 0 Å². The van der Waals surface area contributed by atoms with Crippen molar-refractivity contribution in [1.82, 2.24) is 0 Å². The molecule has 0 spiro atoms. The molecule has 3 heterocycles. The van der Waals surface area contributed by atoms with E-state index in [0.717, 1.165) is 29.4 Å². The smallest absolute Gasteiger partial charge is 0.346 e. The van der Waals surface area contributed by atoms with Gasteiger partial charge in [-0.15, -0.1) is 0 Å². The molecule has 0 unspecified atom stereocenters. The molecule has 0 amide bonds. The first-order chi connectivity index (χ1) is 25.2. The zero-order valence-corrected chi connectivity index (χ0v) is 33.5. The van der Waals surface area contributed by atoms with E-state index < -0.39 is 78.1 Å². The first-order valence-corrected chi connectivity index (χ1v) is 18.8. The number of esters is 4. The fraction of sp³-hybridized carbons (Fsp3) is 0.619. The third-order valence-electron chi connectivity index (χ3n) is 10.8. The molecule has 300 valence electrons. The van der Waals surface area contributed by atoms with Crippen molar-refractivity contribution in [2.24, 2.45) is 35.5 Å². The number of methoxy groups -OCH3 is 1. The van der Waals surface area contributed by atoms with Gasteiger partial charge in [0.15, 0.2) is 5.79 Å². The van der Waals surface area contributed by atoms with Crippen molar-refractivity contribution in [2.45, 2.75) is 124 Å². The summed E-state index contributed by atoms with van der Waals surface area (Å²) >= 11 is 0. The van der Waals surface area contributed by atoms with E-state index in [9.17, 15) is 34.5 Å². The minimum atomic E-state index is -1.98. The summed E-state index contributed by atoms with van der Waals surface area (Å²) in [6, 6.07) is 0. The molecule has 3 aliphatic rings. The van der Waals surface area contributed by atoms with Crippen LogP contribution >= 0.6 is 0 Å². The van der Waals surface area contributed by atoms with Gasteiger partial charge >= 0.3 is 23.9 Å². The number of aliphatic hydroxyl groups is 3. The van der Waals surface area contributed by atoms with Crippen molar-refractivity contribution < 1.29 is 58.2 Å². The number of cyclic esters (lactones) is 3. The molecule has 0 saturated carbocycles. The molecular weight excluding hydrogens is 696 g/mol. The molecule has 0 bridgehead atoms. The van der Waals surface area contributed by atoms with Crippen LogP contribution in [-0.4, -0.2) is 88.7 Å². The second-order valence-electron chi connectivity index (χ2n) is 15.7. The van der Waals surface area contributed by atoms with Gasteiger partial charge in [0.25, 0.3) is 0 Å². The average molecular weight is 757 g/mol. The summed E-state index contributed by atoms with van der Waals surface area (Å²) in [6.45, 7) is 18.4. The van der Waals surface area contributed by atoms with E-state index in [1.54, 1.807) is 39.0 Å². The number of rotatable bonds is 9. The molecule has 0 aromatic rings. The first-order valence-electron chi connectivity index (χ1n) is 18.8. The van der Waals surface area contributed by atoms with E-state index in [1.165, 1.54) is 7.11 Å². The van der Waals surface area contributed by atoms with Gasteiger partial charge in [-0.25, -0.2) is 19.2 Å². The van der Waals surface area contributed by atoms with Crippen LogP contribution in [0, 0.1) is 35.5 Å². The number of allylic oxidation sites excluding steroid dienone is 5. The van der Waals surface area contributed by atoms with Crippen molar-refractivity contribution in [3.8, 4) is 0 Å². The quantitative estimate of drug-likeness (QED) is 0.121. The molecular formula is C42H60O12. The Kier molecular flexibility index (Phi) is 15.9. The number of hydrogen-bond donors (Lipinski definition) is 3. The average Bonchev–Trinajstić information content (AvgIpc) is 3.43. The molecule has 12 nitrogen and oxygen atoms in total. The SMILES string of the molecule is CO[C@H]1/C=C\C=C(\C)C[C@H](C)[C@H](O)[C@H](C)/C=C(C)\C=C(\C)C(=O)O[C@@H]1[C@@H](C)[C@@H](O)[C@H](C)[C@@]1(O)C[C@@H](OC(=O)/C=C/C2=CC(=O)OC2=O)[C@H](C)[C@@H](C(C)C)O1. The minimum absolute atomic E-state index is 0.0211. The van der Waals surface area contributed by atoms with Gasteiger partial charge < -0.3 is 39.0 Å². The van der Waals surface area contributed by atoms with Crippen LogP contribution in [0.3, 0.4) is 0 Å². The van der Waals surface area contributed by atoms with Gasteiger partial charge in [0.2, 0.25) is 0 Å². The van der Waals surface area contributed by atoms with Gasteiger partial charge in [0, 0.05) is 54.9 Å². The van der Waals surface area contributed by atoms with Gasteiger partial charge in [0.1, 0.15) is 18.3 Å². The highest BCUT2D eigenvalue weighted by Gasteiger charge is 2.53. The Morgan fingerprint density at radius 2 is 1.69 bits per heavy atom. The van der Waals surface area contributed by atoms with Gasteiger partial charge in [-0.3, -0.25) is 0 Å². The van der Waals surface area contributed by atoms with Crippen LogP contribution in [0.1, 0.15) is 82.1 Å². The van der Waals surface area contributed by atoms with Crippen LogP contribution in [-0.2, 0) is 42.9 Å². The summed E-state index contributed by atoms with van der Waals surface area (Å²) in [5.74, 6) is -7.57. The lowest BCUT2D eigenvalue weighted by Gasteiger charge is -2.50. The van der Waals surface area contributed by atoms with E-state index in [4.69, 9.17) is 18.9 Å². The molecule has 1 fully saturated rings. The summed E-state index contributed by atoms with van der Waals surface area (Å²) < 4.78 is 28.5. The molecule has 0 aromatic heterocycles. The second kappa shape index (κ2) is 19.3. The Labute approximate surface area is 319 Å². The van der Waals surface area contributed by atoms with Crippen molar-refractivity contribution >= 4 is 23.9 Å². The monoisotopic (exact) mass is 756 g/mol. The van der Waals surface area contributed by atoms with Crippen LogP contribution in [0.25, 0.3) is 0 Å². The summed E-state index contributed by atoms with van der Waals surface area (Å²) in [4.78, 5) is 49.7. The number of hydrogen-bond acceptors (Lipinski definition) is 12. The molecule has 1 saturated heterocycles.